The molecule has 1 rings (SSSR count). The van der Waals surface area contributed by atoms with Gasteiger partial charge in [0, 0.05) is 6.42 Å². The van der Waals surface area contributed by atoms with Crippen molar-refractivity contribution in [3.8, 4) is 0 Å². The summed E-state index contributed by atoms with van der Waals surface area (Å²) < 4.78 is 5.57. The molecule has 0 saturated carbocycles. The van der Waals surface area contributed by atoms with Crippen LogP contribution in [-0.4, -0.2) is 29.8 Å². The lowest BCUT2D eigenvalue weighted by molar-refractivity contribution is 0.169. The Morgan fingerprint density at radius 1 is 0.880 bits per heavy atom. The number of rotatable bonds is 16. The quantitative estimate of drug-likeness (QED) is 0.332. The molecule has 0 amide bonds. The van der Waals surface area contributed by atoms with E-state index >= 15 is 0 Å². The summed E-state index contributed by atoms with van der Waals surface area (Å²) >= 11 is 0. The molecule has 1 aliphatic rings. The molecule has 0 bridgehead atoms. The van der Waals surface area contributed by atoms with Crippen LogP contribution in [0.25, 0.3) is 0 Å². The molecule has 0 fully saturated rings. The summed E-state index contributed by atoms with van der Waals surface area (Å²) in [6.45, 7) is 7.21. The van der Waals surface area contributed by atoms with E-state index in [1.165, 1.54) is 77.0 Å². The molecule has 1 aliphatic heterocycles. The van der Waals surface area contributed by atoms with E-state index in [1.54, 1.807) is 0 Å². The molecular weight excluding hydrogens is 310 g/mol. The van der Waals surface area contributed by atoms with Crippen LogP contribution in [0.2, 0.25) is 0 Å². The van der Waals surface area contributed by atoms with Crippen LogP contribution in [0.3, 0.4) is 0 Å². The predicted molar refractivity (Wildman–Crippen MR) is 108 cm³/mol. The van der Waals surface area contributed by atoms with Gasteiger partial charge in [-0.05, 0) is 19.3 Å². The van der Waals surface area contributed by atoms with Crippen LogP contribution in [-0.2, 0) is 4.74 Å². The summed E-state index contributed by atoms with van der Waals surface area (Å²) in [4.78, 5) is 4.49. The van der Waals surface area contributed by atoms with Gasteiger partial charge in [0.1, 0.15) is 12.1 Å². The molecule has 0 radical (unpaired) electrons. The van der Waals surface area contributed by atoms with Crippen molar-refractivity contribution in [1.29, 1.82) is 0 Å². The van der Waals surface area contributed by atoms with Crippen molar-refractivity contribution in [2.45, 2.75) is 116 Å². The van der Waals surface area contributed by atoms with E-state index in [9.17, 15) is 5.11 Å². The van der Waals surface area contributed by atoms with Gasteiger partial charge in [0.25, 0.3) is 0 Å². The molecule has 25 heavy (non-hydrogen) atoms. The molecule has 1 unspecified atom stereocenters. The fourth-order valence-electron chi connectivity index (χ4n) is 3.41. The van der Waals surface area contributed by atoms with Crippen molar-refractivity contribution in [3.05, 3.63) is 0 Å². The summed E-state index contributed by atoms with van der Waals surface area (Å²) in [6, 6.07) is 0. The Morgan fingerprint density at radius 2 is 1.36 bits per heavy atom. The smallest absolute Gasteiger partial charge is 0.184 e. The molecule has 0 aromatic heterocycles. The molecular formula is C22H43NO2. The van der Waals surface area contributed by atoms with Crippen molar-refractivity contribution in [3.63, 3.8) is 0 Å². The predicted octanol–water partition coefficient (Wildman–Crippen LogP) is 6.28. The number of unbranched alkanes of at least 4 members (excludes halogenated alkanes) is 11. The van der Waals surface area contributed by atoms with Crippen LogP contribution in [0.1, 0.15) is 111 Å². The van der Waals surface area contributed by atoms with Crippen LogP contribution in [0.15, 0.2) is 4.99 Å². The number of aliphatic hydroxyl groups is 1. The standard InChI is InChI=1S/C22H43NO2/c1-20(2)16-14-12-10-8-6-4-5-7-9-11-13-15-17-21-23-22(3,18-24)19-25-21/h20,24H,4-19H2,1-3H3. The van der Waals surface area contributed by atoms with Crippen LogP contribution in [0.4, 0.5) is 0 Å². The maximum absolute atomic E-state index is 9.26. The second-order valence-electron chi connectivity index (χ2n) is 8.62. The zero-order chi connectivity index (χ0) is 18.4. The first-order valence-electron chi connectivity index (χ1n) is 10.9. The van der Waals surface area contributed by atoms with Gasteiger partial charge in [-0.25, -0.2) is 4.99 Å². The van der Waals surface area contributed by atoms with Gasteiger partial charge in [0.15, 0.2) is 5.90 Å². The van der Waals surface area contributed by atoms with Gasteiger partial charge in [0.2, 0.25) is 0 Å². The highest BCUT2D eigenvalue weighted by Gasteiger charge is 2.30. The highest BCUT2D eigenvalue weighted by Crippen LogP contribution is 2.20. The third-order valence-electron chi connectivity index (χ3n) is 5.21. The number of aliphatic imine (C=N–C) groups is 1. The molecule has 0 aromatic carbocycles. The summed E-state index contributed by atoms with van der Waals surface area (Å²) in [7, 11) is 0. The van der Waals surface area contributed by atoms with E-state index in [-0.39, 0.29) is 12.1 Å². The SMILES string of the molecule is CC(C)CCCCCCCCCCCCCCC1=NC(C)(CO)CO1. The van der Waals surface area contributed by atoms with Gasteiger partial charge in [-0.15, -0.1) is 0 Å². The molecule has 0 aromatic rings. The monoisotopic (exact) mass is 353 g/mol. The minimum absolute atomic E-state index is 0.0778. The molecule has 0 saturated heterocycles. The molecule has 1 atom stereocenters. The van der Waals surface area contributed by atoms with E-state index < -0.39 is 0 Å². The Labute approximate surface area is 156 Å². The van der Waals surface area contributed by atoms with E-state index in [2.05, 4.69) is 18.8 Å². The minimum atomic E-state index is -0.385. The lowest BCUT2D eigenvalue weighted by Gasteiger charge is -2.12. The molecule has 0 aliphatic carbocycles. The molecule has 3 nitrogen and oxygen atoms in total. The van der Waals surface area contributed by atoms with Crippen molar-refractivity contribution < 1.29 is 9.84 Å². The maximum Gasteiger partial charge on any atom is 0.184 e. The van der Waals surface area contributed by atoms with Crippen LogP contribution in [0.5, 0.6) is 0 Å². The van der Waals surface area contributed by atoms with Crippen molar-refractivity contribution >= 4 is 5.90 Å². The molecule has 3 heteroatoms. The van der Waals surface area contributed by atoms with Gasteiger partial charge in [-0.1, -0.05) is 90.9 Å². The Kier molecular flexibility index (Phi) is 12.2. The zero-order valence-corrected chi connectivity index (χ0v) is 17.2. The van der Waals surface area contributed by atoms with E-state index in [0.717, 1.165) is 24.7 Å². The molecule has 148 valence electrons. The largest absolute Gasteiger partial charge is 0.478 e. The summed E-state index contributed by atoms with van der Waals surface area (Å²) in [5, 5.41) is 9.26. The minimum Gasteiger partial charge on any atom is -0.478 e. The number of ether oxygens (including phenoxy) is 1. The Balaban J connectivity index is 1.79. The van der Waals surface area contributed by atoms with Crippen molar-refractivity contribution in [2.24, 2.45) is 10.9 Å². The Hall–Kier alpha value is -0.570. The lowest BCUT2D eigenvalue weighted by atomic mass is 10.0. The maximum atomic E-state index is 9.26. The normalized spacial score (nSPS) is 20.1. The summed E-state index contributed by atoms with van der Waals surface area (Å²) in [5.74, 6) is 1.73. The first-order chi connectivity index (χ1) is 12.1. The van der Waals surface area contributed by atoms with Gasteiger partial charge >= 0.3 is 0 Å². The second kappa shape index (κ2) is 13.6. The third-order valence-corrected chi connectivity index (χ3v) is 5.21. The average molecular weight is 354 g/mol. The summed E-state index contributed by atoms with van der Waals surface area (Å²) in [6.07, 6.45) is 18.9. The highest BCUT2D eigenvalue weighted by molar-refractivity contribution is 5.78. The van der Waals surface area contributed by atoms with Crippen LogP contribution < -0.4 is 0 Å². The number of aliphatic hydroxyl groups excluding tert-OH is 1. The van der Waals surface area contributed by atoms with Gasteiger partial charge in [-0.2, -0.15) is 0 Å². The number of hydrogen-bond acceptors (Lipinski definition) is 3. The summed E-state index contributed by atoms with van der Waals surface area (Å²) in [5.41, 5.74) is -0.385. The number of hydrogen-bond donors (Lipinski definition) is 1. The fourth-order valence-corrected chi connectivity index (χ4v) is 3.41. The first-order valence-corrected chi connectivity index (χ1v) is 10.9. The van der Waals surface area contributed by atoms with E-state index in [1.807, 2.05) is 6.92 Å². The molecule has 0 spiro atoms. The third kappa shape index (κ3) is 11.6. The van der Waals surface area contributed by atoms with Gasteiger partial charge in [0.05, 0.1) is 6.61 Å². The lowest BCUT2D eigenvalue weighted by Crippen LogP contribution is -2.28. The fraction of sp³-hybridized carbons (Fsp3) is 0.955. The van der Waals surface area contributed by atoms with E-state index in [4.69, 9.17) is 4.74 Å². The Morgan fingerprint density at radius 3 is 1.80 bits per heavy atom. The van der Waals surface area contributed by atoms with Crippen LogP contribution in [0, 0.1) is 5.92 Å². The second-order valence-corrected chi connectivity index (χ2v) is 8.62. The average Bonchev–Trinajstić information content (AvgIpc) is 2.97. The first kappa shape index (κ1) is 22.5. The van der Waals surface area contributed by atoms with Crippen molar-refractivity contribution in [2.75, 3.05) is 13.2 Å². The number of nitrogens with zero attached hydrogens (tertiary/aromatic N) is 1. The topological polar surface area (TPSA) is 41.8 Å². The highest BCUT2D eigenvalue weighted by atomic mass is 16.5. The van der Waals surface area contributed by atoms with E-state index in [0.29, 0.717) is 6.61 Å². The van der Waals surface area contributed by atoms with Crippen LogP contribution >= 0.6 is 0 Å². The zero-order valence-electron chi connectivity index (χ0n) is 17.2. The molecule has 1 heterocycles. The van der Waals surface area contributed by atoms with Gasteiger partial charge < -0.3 is 9.84 Å². The molecule has 1 N–H and O–H groups in total. The van der Waals surface area contributed by atoms with Crippen molar-refractivity contribution in [1.82, 2.24) is 0 Å². The van der Waals surface area contributed by atoms with Gasteiger partial charge in [-0.3, -0.25) is 0 Å². The Bertz CT molecular complexity index is 354.